The Morgan fingerprint density at radius 2 is 2.10 bits per heavy atom. The SMILES string of the molecule is NC1CCN(C(=O)c2cc(Cl)ccc2-n2cnnn2)CC1. The van der Waals surface area contributed by atoms with Gasteiger partial charge in [0.15, 0.2) is 0 Å². The van der Waals surface area contributed by atoms with Crippen LogP contribution in [0.5, 0.6) is 0 Å². The van der Waals surface area contributed by atoms with Gasteiger partial charge in [0, 0.05) is 24.2 Å². The second-order valence-electron chi connectivity index (χ2n) is 5.05. The van der Waals surface area contributed by atoms with Gasteiger partial charge >= 0.3 is 0 Å². The van der Waals surface area contributed by atoms with Gasteiger partial charge in [0.05, 0.1) is 11.3 Å². The van der Waals surface area contributed by atoms with E-state index in [1.807, 2.05) is 0 Å². The molecular formula is C13H15ClN6O. The number of nitrogens with zero attached hydrogens (tertiary/aromatic N) is 5. The van der Waals surface area contributed by atoms with E-state index in [1.165, 1.54) is 11.0 Å². The molecule has 0 atom stereocenters. The lowest BCUT2D eigenvalue weighted by Crippen LogP contribution is -2.43. The van der Waals surface area contributed by atoms with Crippen molar-refractivity contribution in [1.82, 2.24) is 25.1 Å². The van der Waals surface area contributed by atoms with E-state index in [9.17, 15) is 4.79 Å². The average Bonchev–Trinajstić information content (AvgIpc) is 3.01. The number of carbonyl (C=O) groups excluding carboxylic acids is 1. The minimum Gasteiger partial charge on any atom is -0.338 e. The van der Waals surface area contributed by atoms with E-state index in [1.54, 1.807) is 23.1 Å². The van der Waals surface area contributed by atoms with E-state index >= 15 is 0 Å². The topological polar surface area (TPSA) is 89.9 Å². The molecule has 0 spiro atoms. The Morgan fingerprint density at radius 3 is 2.76 bits per heavy atom. The van der Waals surface area contributed by atoms with Crippen molar-refractivity contribution in [2.24, 2.45) is 5.73 Å². The number of tetrazole rings is 1. The molecule has 2 heterocycles. The van der Waals surface area contributed by atoms with Gasteiger partial charge in [-0.2, -0.15) is 4.68 Å². The van der Waals surface area contributed by atoms with Crippen LogP contribution in [-0.2, 0) is 0 Å². The van der Waals surface area contributed by atoms with Crippen LogP contribution < -0.4 is 5.73 Å². The molecule has 0 unspecified atom stereocenters. The Bertz CT molecular complexity index is 636. The lowest BCUT2D eigenvalue weighted by atomic mass is 10.0. The fourth-order valence-corrected chi connectivity index (χ4v) is 2.60. The number of piperidine rings is 1. The van der Waals surface area contributed by atoms with Crippen LogP contribution >= 0.6 is 11.6 Å². The van der Waals surface area contributed by atoms with Gasteiger partial charge in [0.1, 0.15) is 6.33 Å². The highest BCUT2D eigenvalue weighted by molar-refractivity contribution is 6.31. The zero-order valence-corrected chi connectivity index (χ0v) is 12.1. The number of aromatic nitrogens is 4. The molecule has 0 aliphatic carbocycles. The molecule has 2 aromatic rings. The summed E-state index contributed by atoms with van der Waals surface area (Å²) in [5, 5.41) is 11.5. The number of benzene rings is 1. The van der Waals surface area contributed by atoms with E-state index in [0.29, 0.717) is 29.4 Å². The molecule has 1 aromatic carbocycles. The van der Waals surface area contributed by atoms with Gasteiger partial charge < -0.3 is 10.6 Å². The van der Waals surface area contributed by atoms with Crippen LogP contribution in [0.2, 0.25) is 5.02 Å². The maximum absolute atomic E-state index is 12.7. The molecule has 21 heavy (non-hydrogen) atoms. The van der Waals surface area contributed by atoms with Crippen LogP contribution in [0.1, 0.15) is 23.2 Å². The second-order valence-corrected chi connectivity index (χ2v) is 5.48. The highest BCUT2D eigenvalue weighted by Crippen LogP contribution is 2.22. The molecule has 110 valence electrons. The van der Waals surface area contributed by atoms with Crippen LogP contribution in [-0.4, -0.2) is 50.1 Å². The van der Waals surface area contributed by atoms with Gasteiger partial charge in [-0.1, -0.05) is 11.6 Å². The summed E-state index contributed by atoms with van der Waals surface area (Å²) < 4.78 is 1.46. The summed E-state index contributed by atoms with van der Waals surface area (Å²) in [6.45, 7) is 1.31. The van der Waals surface area contributed by atoms with E-state index in [4.69, 9.17) is 17.3 Å². The molecule has 1 amide bonds. The predicted molar refractivity (Wildman–Crippen MR) is 77.3 cm³/mol. The largest absolute Gasteiger partial charge is 0.338 e. The smallest absolute Gasteiger partial charge is 0.256 e. The zero-order chi connectivity index (χ0) is 14.8. The Hall–Kier alpha value is -1.99. The number of amides is 1. The number of hydrogen-bond donors (Lipinski definition) is 1. The van der Waals surface area contributed by atoms with Crippen LogP contribution in [0, 0.1) is 0 Å². The first kappa shape index (κ1) is 14.0. The van der Waals surface area contributed by atoms with Crippen molar-refractivity contribution in [1.29, 1.82) is 0 Å². The summed E-state index contributed by atoms with van der Waals surface area (Å²) in [7, 11) is 0. The molecule has 1 aromatic heterocycles. The standard InChI is InChI=1S/C13H15ClN6O/c14-9-1-2-12(20-8-16-17-18-20)11(7-9)13(21)19-5-3-10(15)4-6-19/h1-2,7-8,10H,3-6,15H2. The van der Waals surface area contributed by atoms with E-state index in [0.717, 1.165) is 12.8 Å². The monoisotopic (exact) mass is 306 g/mol. The molecule has 2 N–H and O–H groups in total. The van der Waals surface area contributed by atoms with Gasteiger partial charge in [-0.25, -0.2) is 0 Å². The normalized spacial score (nSPS) is 16.2. The summed E-state index contributed by atoms with van der Waals surface area (Å²) in [6, 6.07) is 5.27. The molecule has 0 saturated carbocycles. The first-order valence-electron chi connectivity index (χ1n) is 6.73. The second kappa shape index (κ2) is 5.79. The third-order valence-corrected chi connectivity index (χ3v) is 3.85. The van der Waals surface area contributed by atoms with Gasteiger partial charge in [0.25, 0.3) is 5.91 Å². The average molecular weight is 307 g/mol. The number of hydrogen-bond acceptors (Lipinski definition) is 5. The van der Waals surface area contributed by atoms with Crippen molar-refractivity contribution >= 4 is 17.5 Å². The van der Waals surface area contributed by atoms with Crippen LogP contribution in [0.15, 0.2) is 24.5 Å². The highest BCUT2D eigenvalue weighted by Gasteiger charge is 2.24. The molecule has 1 saturated heterocycles. The van der Waals surface area contributed by atoms with Crippen LogP contribution in [0.4, 0.5) is 0 Å². The number of likely N-dealkylation sites (tertiary alicyclic amines) is 1. The Labute approximate surface area is 126 Å². The third-order valence-electron chi connectivity index (χ3n) is 3.61. The molecule has 0 radical (unpaired) electrons. The third kappa shape index (κ3) is 2.88. The van der Waals surface area contributed by atoms with E-state index in [2.05, 4.69) is 15.5 Å². The summed E-state index contributed by atoms with van der Waals surface area (Å²) >= 11 is 6.03. The maximum atomic E-state index is 12.7. The quantitative estimate of drug-likeness (QED) is 0.889. The molecule has 3 rings (SSSR count). The first-order chi connectivity index (χ1) is 10.1. The van der Waals surface area contributed by atoms with Crippen LogP contribution in [0.25, 0.3) is 5.69 Å². The fraction of sp³-hybridized carbons (Fsp3) is 0.385. The summed E-state index contributed by atoms with van der Waals surface area (Å²) in [4.78, 5) is 14.5. The number of halogens is 1. The fourth-order valence-electron chi connectivity index (χ4n) is 2.42. The minimum atomic E-state index is -0.0742. The Balaban J connectivity index is 1.93. The van der Waals surface area contributed by atoms with E-state index in [-0.39, 0.29) is 11.9 Å². The number of carbonyl (C=O) groups is 1. The van der Waals surface area contributed by atoms with Gasteiger partial charge in [-0.05, 0) is 41.5 Å². The molecule has 1 aliphatic heterocycles. The molecule has 7 nitrogen and oxygen atoms in total. The predicted octanol–water partition coefficient (Wildman–Crippen LogP) is 0.879. The number of rotatable bonds is 2. The van der Waals surface area contributed by atoms with Crippen molar-refractivity contribution < 1.29 is 4.79 Å². The molecule has 8 heteroatoms. The summed E-state index contributed by atoms with van der Waals surface area (Å²) in [5.74, 6) is -0.0742. The van der Waals surface area contributed by atoms with Gasteiger partial charge in [-0.3, -0.25) is 4.79 Å². The van der Waals surface area contributed by atoms with Crippen molar-refractivity contribution in [3.63, 3.8) is 0 Å². The minimum absolute atomic E-state index is 0.0742. The van der Waals surface area contributed by atoms with Crippen molar-refractivity contribution in [3.05, 3.63) is 35.1 Å². The van der Waals surface area contributed by atoms with Crippen molar-refractivity contribution in [3.8, 4) is 5.69 Å². The number of nitrogens with two attached hydrogens (primary N) is 1. The molecule has 1 aliphatic rings. The van der Waals surface area contributed by atoms with E-state index < -0.39 is 0 Å². The van der Waals surface area contributed by atoms with Crippen molar-refractivity contribution in [2.75, 3.05) is 13.1 Å². The first-order valence-corrected chi connectivity index (χ1v) is 7.11. The highest BCUT2D eigenvalue weighted by atomic mass is 35.5. The maximum Gasteiger partial charge on any atom is 0.256 e. The molecule has 0 bridgehead atoms. The van der Waals surface area contributed by atoms with Crippen molar-refractivity contribution in [2.45, 2.75) is 18.9 Å². The Kier molecular flexibility index (Phi) is 3.85. The zero-order valence-electron chi connectivity index (χ0n) is 11.3. The lowest BCUT2D eigenvalue weighted by Gasteiger charge is -2.30. The van der Waals surface area contributed by atoms with Gasteiger partial charge in [-0.15, -0.1) is 5.10 Å². The summed E-state index contributed by atoms with van der Waals surface area (Å²) in [5.41, 5.74) is 6.98. The molecular weight excluding hydrogens is 292 g/mol. The molecule has 1 fully saturated rings. The Morgan fingerprint density at radius 1 is 1.33 bits per heavy atom. The lowest BCUT2D eigenvalue weighted by molar-refractivity contribution is 0.0714. The summed E-state index contributed by atoms with van der Waals surface area (Å²) in [6.07, 6.45) is 3.07. The van der Waals surface area contributed by atoms with Crippen LogP contribution in [0.3, 0.4) is 0 Å². The van der Waals surface area contributed by atoms with Gasteiger partial charge in [0.2, 0.25) is 0 Å².